The van der Waals surface area contributed by atoms with E-state index >= 15 is 0 Å². The van der Waals surface area contributed by atoms with Gasteiger partial charge < -0.3 is 0 Å². The average molecular weight is 105 g/mol. The molecule has 6 heavy (non-hydrogen) atoms. The van der Waals surface area contributed by atoms with Crippen LogP contribution in [0.1, 0.15) is 20.3 Å². The Balaban J connectivity index is 2.41. The number of rotatable bonds is 0. The Labute approximate surface area is 43.5 Å². The van der Waals surface area contributed by atoms with Crippen LogP contribution in [0.4, 0.5) is 0 Å². The summed E-state index contributed by atoms with van der Waals surface area (Å²) >= 11 is 5.79. The first-order valence-corrected chi connectivity index (χ1v) is 2.69. The summed E-state index contributed by atoms with van der Waals surface area (Å²) in [4.78, 5) is 0.181. The molecule has 0 radical (unpaired) electrons. The molecule has 2 unspecified atom stereocenters. The number of hydrogen-bond donors (Lipinski definition) is 0. The lowest BCUT2D eigenvalue weighted by atomic mass is 10.4. The minimum absolute atomic E-state index is 0.181. The Morgan fingerprint density at radius 2 is 2.00 bits per heavy atom. The predicted octanol–water partition coefficient (Wildman–Crippen LogP) is 2.02. The molecular formula is C5H9Cl. The molecule has 0 spiro atoms. The van der Waals surface area contributed by atoms with Crippen LogP contribution in [0.2, 0.25) is 0 Å². The fraction of sp³-hybridized carbons (Fsp3) is 1.00. The van der Waals surface area contributed by atoms with Crippen LogP contribution >= 0.6 is 11.6 Å². The summed E-state index contributed by atoms with van der Waals surface area (Å²) in [6.07, 6.45) is 1.20. The Kier molecular flexibility index (Phi) is 0.682. The van der Waals surface area contributed by atoms with Crippen molar-refractivity contribution >= 4 is 11.6 Å². The molecule has 1 fully saturated rings. The summed E-state index contributed by atoms with van der Waals surface area (Å²) in [5, 5.41) is 0. The van der Waals surface area contributed by atoms with Crippen molar-refractivity contribution in [1.82, 2.24) is 0 Å². The van der Waals surface area contributed by atoms with Crippen LogP contribution in [-0.4, -0.2) is 4.87 Å². The highest BCUT2D eigenvalue weighted by atomic mass is 35.5. The van der Waals surface area contributed by atoms with E-state index in [9.17, 15) is 0 Å². The summed E-state index contributed by atoms with van der Waals surface area (Å²) < 4.78 is 0. The predicted molar refractivity (Wildman–Crippen MR) is 28.0 cm³/mol. The van der Waals surface area contributed by atoms with Crippen LogP contribution in [0.3, 0.4) is 0 Å². The van der Waals surface area contributed by atoms with Crippen molar-refractivity contribution in [2.45, 2.75) is 25.1 Å². The first kappa shape index (κ1) is 4.45. The van der Waals surface area contributed by atoms with Gasteiger partial charge in [0.15, 0.2) is 0 Å². The van der Waals surface area contributed by atoms with E-state index in [1.54, 1.807) is 0 Å². The van der Waals surface area contributed by atoms with E-state index in [0.717, 1.165) is 5.92 Å². The first-order chi connectivity index (χ1) is 2.63. The van der Waals surface area contributed by atoms with E-state index in [0.29, 0.717) is 0 Å². The monoisotopic (exact) mass is 104 g/mol. The molecule has 1 rings (SSSR count). The van der Waals surface area contributed by atoms with E-state index in [1.807, 2.05) is 0 Å². The molecule has 0 aromatic heterocycles. The highest BCUT2D eigenvalue weighted by molar-refractivity contribution is 6.25. The van der Waals surface area contributed by atoms with E-state index in [-0.39, 0.29) is 4.87 Å². The van der Waals surface area contributed by atoms with Gasteiger partial charge in [-0.25, -0.2) is 0 Å². The highest BCUT2D eigenvalue weighted by Gasteiger charge is 2.44. The number of halogens is 1. The Morgan fingerprint density at radius 1 is 1.83 bits per heavy atom. The molecule has 36 valence electrons. The van der Waals surface area contributed by atoms with E-state index in [2.05, 4.69) is 13.8 Å². The molecular weight excluding hydrogens is 95.5 g/mol. The Hall–Kier alpha value is 0.290. The van der Waals surface area contributed by atoms with Crippen LogP contribution < -0.4 is 0 Å². The molecule has 0 bridgehead atoms. The molecule has 2 atom stereocenters. The third-order valence-electron chi connectivity index (χ3n) is 1.57. The van der Waals surface area contributed by atoms with Crippen molar-refractivity contribution in [2.75, 3.05) is 0 Å². The topological polar surface area (TPSA) is 0 Å². The minimum Gasteiger partial charge on any atom is -0.119 e. The van der Waals surface area contributed by atoms with Gasteiger partial charge in [-0.2, -0.15) is 0 Å². The normalized spacial score (nSPS) is 55.5. The summed E-state index contributed by atoms with van der Waals surface area (Å²) in [5.74, 6) is 0.763. The second-order valence-electron chi connectivity index (χ2n) is 2.38. The van der Waals surface area contributed by atoms with Crippen LogP contribution in [0.25, 0.3) is 0 Å². The van der Waals surface area contributed by atoms with Crippen LogP contribution in [0, 0.1) is 5.92 Å². The van der Waals surface area contributed by atoms with Gasteiger partial charge in [-0.3, -0.25) is 0 Å². The molecule has 0 heterocycles. The molecule has 1 heteroatoms. The van der Waals surface area contributed by atoms with Gasteiger partial charge in [0, 0.05) is 4.87 Å². The lowest BCUT2D eigenvalue weighted by molar-refractivity contribution is 0.868. The fourth-order valence-electron chi connectivity index (χ4n) is 0.540. The van der Waals surface area contributed by atoms with Gasteiger partial charge in [-0.05, 0) is 19.3 Å². The van der Waals surface area contributed by atoms with Gasteiger partial charge in [0.25, 0.3) is 0 Å². The molecule has 0 saturated heterocycles. The van der Waals surface area contributed by atoms with E-state index in [4.69, 9.17) is 11.6 Å². The standard InChI is InChI=1S/C5H9Cl/c1-4-3-5(4,2)6/h4H,3H2,1-2H3. The van der Waals surface area contributed by atoms with E-state index < -0.39 is 0 Å². The van der Waals surface area contributed by atoms with Gasteiger partial charge in [-0.15, -0.1) is 11.6 Å². The second kappa shape index (κ2) is 0.919. The molecule has 1 aliphatic carbocycles. The highest BCUT2D eigenvalue weighted by Crippen LogP contribution is 2.48. The summed E-state index contributed by atoms with van der Waals surface area (Å²) in [5.41, 5.74) is 0. The summed E-state index contributed by atoms with van der Waals surface area (Å²) in [6.45, 7) is 4.26. The SMILES string of the molecule is CC1CC1(C)Cl. The maximum absolute atomic E-state index is 5.79. The maximum atomic E-state index is 5.79. The maximum Gasteiger partial charge on any atom is 0.0448 e. The molecule has 0 nitrogen and oxygen atoms in total. The number of alkyl halides is 1. The molecule has 0 aromatic carbocycles. The van der Waals surface area contributed by atoms with E-state index in [1.165, 1.54) is 6.42 Å². The van der Waals surface area contributed by atoms with Crippen molar-refractivity contribution in [1.29, 1.82) is 0 Å². The quantitative estimate of drug-likeness (QED) is 0.413. The van der Waals surface area contributed by atoms with Crippen molar-refractivity contribution in [3.05, 3.63) is 0 Å². The molecule has 1 aliphatic rings. The summed E-state index contributed by atoms with van der Waals surface area (Å²) in [6, 6.07) is 0. The largest absolute Gasteiger partial charge is 0.119 e. The third kappa shape index (κ3) is 0.538. The smallest absolute Gasteiger partial charge is 0.0448 e. The second-order valence-corrected chi connectivity index (χ2v) is 3.25. The van der Waals surface area contributed by atoms with Crippen molar-refractivity contribution in [2.24, 2.45) is 5.92 Å². The Bertz CT molecular complexity index is 66.3. The number of hydrogen-bond acceptors (Lipinski definition) is 0. The first-order valence-electron chi connectivity index (χ1n) is 2.32. The molecule has 0 N–H and O–H groups in total. The van der Waals surface area contributed by atoms with Gasteiger partial charge in [0.2, 0.25) is 0 Å². The van der Waals surface area contributed by atoms with Crippen LogP contribution in [0.5, 0.6) is 0 Å². The third-order valence-corrected chi connectivity index (χ3v) is 2.10. The summed E-state index contributed by atoms with van der Waals surface area (Å²) in [7, 11) is 0. The average Bonchev–Trinajstić information content (AvgIpc) is 1.73. The molecule has 0 amide bonds. The zero-order valence-corrected chi connectivity index (χ0v) is 4.92. The molecule has 0 aliphatic heterocycles. The van der Waals surface area contributed by atoms with Gasteiger partial charge >= 0.3 is 0 Å². The zero-order chi connectivity index (χ0) is 4.78. The zero-order valence-electron chi connectivity index (χ0n) is 4.16. The van der Waals surface area contributed by atoms with Crippen molar-refractivity contribution in [3.8, 4) is 0 Å². The lowest BCUT2D eigenvalue weighted by Gasteiger charge is -1.88. The molecule has 1 saturated carbocycles. The van der Waals surface area contributed by atoms with Crippen LogP contribution in [0.15, 0.2) is 0 Å². The van der Waals surface area contributed by atoms with Gasteiger partial charge in [0.05, 0.1) is 0 Å². The van der Waals surface area contributed by atoms with Crippen LogP contribution in [-0.2, 0) is 0 Å². The lowest BCUT2D eigenvalue weighted by Crippen LogP contribution is -1.87. The molecule has 0 aromatic rings. The minimum atomic E-state index is 0.181. The Morgan fingerprint density at radius 3 is 2.00 bits per heavy atom. The van der Waals surface area contributed by atoms with Crippen molar-refractivity contribution < 1.29 is 0 Å². The van der Waals surface area contributed by atoms with Crippen molar-refractivity contribution in [3.63, 3.8) is 0 Å². The fourth-order valence-corrected chi connectivity index (χ4v) is 0.771. The van der Waals surface area contributed by atoms with Gasteiger partial charge in [-0.1, -0.05) is 6.92 Å². The van der Waals surface area contributed by atoms with Gasteiger partial charge in [0.1, 0.15) is 0 Å².